The van der Waals surface area contributed by atoms with Crippen LogP contribution in [0.4, 0.5) is 10.5 Å². The number of nitrogens with one attached hydrogen (secondary N) is 1. The topological polar surface area (TPSA) is 119 Å². The van der Waals surface area contributed by atoms with Gasteiger partial charge in [0, 0.05) is 32.5 Å². The van der Waals surface area contributed by atoms with E-state index in [1.54, 1.807) is 50.0 Å². The third kappa shape index (κ3) is 10.5. The van der Waals surface area contributed by atoms with Gasteiger partial charge in [-0.3, -0.25) is 18.8 Å². The quantitative estimate of drug-likeness (QED) is 0.0989. The summed E-state index contributed by atoms with van der Waals surface area (Å²) in [5, 5.41) is 8.05. The van der Waals surface area contributed by atoms with Gasteiger partial charge in [0.25, 0.3) is 11.5 Å². The lowest BCUT2D eigenvalue weighted by atomic mass is 10.1. The molecule has 1 N–H and O–H groups in total. The number of rotatable bonds is 12. The van der Waals surface area contributed by atoms with Crippen LogP contribution in [0.1, 0.15) is 63.0 Å². The predicted molar refractivity (Wildman–Crippen MR) is 226 cm³/mol. The SMILES string of the molecule is Cc1ccc(Cn2cc(C(=O)Nc3cc(-c4cc5cc(O[Si](C)(C)C(C)(C)C)ccc5n4C(=O)OC(C)(C)C)c(=O)n(COCC[Si](C)(C)C)c3)cn2)cc1. The Morgan fingerprint density at radius 1 is 0.891 bits per heavy atom. The van der Waals surface area contributed by atoms with E-state index in [4.69, 9.17) is 13.9 Å². The van der Waals surface area contributed by atoms with Crippen molar-refractivity contribution in [2.24, 2.45) is 0 Å². The molecule has 3 aromatic heterocycles. The number of hydrogen-bond donors (Lipinski definition) is 1. The minimum Gasteiger partial charge on any atom is -0.543 e. The Morgan fingerprint density at radius 3 is 2.22 bits per heavy atom. The van der Waals surface area contributed by atoms with E-state index in [-0.39, 0.29) is 22.9 Å². The number of hydrogen-bond acceptors (Lipinski definition) is 7. The summed E-state index contributed by atoms with van der Waals surface area (Å²) in [6.45, 7) is 26.1. The first-order valence-electron chi connectivity index (χ1n) is 18.8. The summed E-state index contributed by atoms with van der Waals surface area (Å²) in [5.74, 6) is 0.287. The van der Waals surface area contributed by atoms with Crippen LogP contribution in [-0.2, 0) is 22.7 Å². The van der Waals surface area contributed by atoms with Gasteiger partial charge < -0.3 is 19.2 Å². The Morgan fingerprint density at radius 2 is 1.58 bits per heavy atom. The summed E-state index contributed by atoms with van der Waals surface area (Å²) in [6, 6.07) is 18.0. The molecular weight excluding hydrogens is 727 g/mol. The van der Waals surface area contributed by atoms with E-state index < -0.39 is 34.0 Å². The highest BCUT2D eigenvalue weighted by Gasteiger charge is 2.39. The van der Waals surface area contributed by atoms with E-state index in [0.29, 0.717) is 46.7 Å². The number of aryl methyl sites for hydroxylation is 1. The van der Waals surface area contributed by atoms with Gasteiger partial charge in [0.05, 0.1) is 40.8 Å². The molecule has 0 aliphatic carbocycles. The van der Waals surface area contributed by atoms with E-state index in [9.17, 15) is 14.4 Å². The zero-order valence-corrected chi connectivity index (χ0v) is 36.5. The first-order chi connectivity index (χ1) is 25.5. The third-order valence-electron chi connectivity index (χ3n) is 9.74. The van der Waals surface area contributed by atoms with Gasteiger partial charge in [-0.05, 0) is 87.8 Å². The summed E-state index contributed by atoms with van der Waals surface area (Å²) < 4.78 is 23.1. The maximum absolute atomic E-state index is 14.3. The average molecular weight is 784 g/mol. The van der Waals surface area contributed by atoms with E-state index in [0.717, 1.165) is 11.6 Å². The van der Waals surface area contributed by atoms with Crippen LogP contribution in [-0.4, -0.2) is 59.5 Å². The number of aromatic nitrogens is 4. The molecule has 0 spiro atoms. The van der Waals surface area contributed by atoms with Gasteiger partial charge in [0.1, 0.15) is 18.1 Å². The Balaban J connectivity index is 1.58. The van der Waals surface area contributed by atoms with Crippen molar-refractivity contribution >= 4 is 45.0 Å². The molecule has 0 atom stereocenters. The van der Waals surface area contributed by atoms with Gasteiger partial charge in [-0.25, -0.2) is 9.36 Å². The highest BCUT2D eigenvalue weighted by atomic mass is 28.4. The summed E-state index contributed by atoms with van der Waals surface area (Å²) in [5.41, 5.74) is 2.80. The number of nitrogens with zero attached hydrogens (tertiary/aromatic N) is 4. The maximum Gasteiger partial charge on any atom is 0.419 e. The number of ether oxygens (including phenoxy) is 2. The Bertz CT molecular complexity index is 2230. The number of anilines is 1. The molecule has 0 aliphatic heterocycles. The molecule has 0 unspecified atom stereocenters. The van der Waals surface area contributed by atoms with Crippen LogP contribution in [0.2, 0.25) is 43.8 Å². The van der Waals surface area contributed by atoms with Crippen molar-refractivity contribution in [3.63, 3.8) is 0 Å². The fourth-order valence-corrected chi connectivity index (χ4v) is 7.36. The number of pyridine rings is 1. The third-order valence-corrected chi connectivity index (χ3v) is 15.8. The molecule has 0 aliphatic rings. The zero-order valence-electron chi connectivity index (χ0n) is 34.5. The lowest BCUT2D eigenvalue weighted by molar-refractivity contribution is 0.0547. The van der Waals surface area contributed by atoms with Gasteiger partial charge in [0.2, 0.25) is 8.32 Å². The lowest BCUT2D eigenvalue weighted by Crippen LogP contribution is -2.43. The average Bonchev–Trinajstić information content (AvgIpc) is 3.68. The molecule has 55 heavy (non-hydrogen) atoms. The number of carbonyl (C=O) groups excluding carboxylic acids is 2. The second-order valence-corrected chi connectivity index (χ2v) is 28.4. The van der Waals surface area contributed by atoms with Crippen molar-refractivity contribution in [1.82, 2.24) is 18.9 Å². The largest absolute Gasteiger partial charge is 0.543 e. The van der Waals surface area contributed by atoms with E-state index in [1.165, 1.54) is 20.9 Å². The normalized spacial score (nSPS) is 12.6. The highest BCUT2D eigenvalue weighted by molar-refractivity contribution is 6.76. The number of fused-ring (bicyclic) bond motifs is 1. The van der Waals surface area contributed by atoms with Gasteiger partial charge in [0.15, 0.2) is 0 Å². The molecule has 0 radical (unpaired) electrons. The van der Waals surface area contributed by atoms with E-state index in [2.05, 4.69) is 63.9 Å². The molecule has 5 aromatic rings. The van der Waals surface area contributed by atoms with Crippen LogP contribution < -0.4 is 15.3 Å². The maximum atomic E-state index is 14.3. The molecule has 5 rings (SSSR count). The first-order valence-corrected chi connectivity index (χ1v) is 25.4. The summed E-state index contributed by atoms with van der Waals surface area (Å²) in [7, 11) is -3.58. The second-order valence-electron chi connectivity index (χ2n) is 18.1. The lowest BCUT2D eigenvalue weighted by Gasteiger charge is -2.36. The molecule has 0 bridgehead atoms. The predicted octanol–water partition coefficient (Wildman–Crippen LogP) is 9.76. The molecule has 3 heterocycles. The van der Waals surface area contributed by atoms with Gasteiger partial charge >= 0.3 is 6.09 Å². The van der Waals surface area contributed by atoms with Crippen LogP contribution in [0.15, 0.2) is 78.0 Å². The molecule has 1 amide bonds. The first kappa shape index (κ1) is 41.4. The molecule has 13 heteroatoms. The van der Waals surface area contributed by atoms with Gasteiger partial charge in [-0.1, -0.05) is 70.2 Å². The van der Waals surface area contributed by atoms with Crippen LogP contribution in [0.5, 0.6) is 5.75 Å². The van der Waals surface area contributed by atoms with Crippen molar-refractivity contribution in [1.29, 1.82) is 0 Å². The smallest absolute Gasteiger partial charge is 0.419 e. The van der Waals surface area contributed by atoms with Crippen LogP contribution in [0.25, 0.3) is 22.2 Å². The van der Waals surface area contributed by atoms with Crippen LogP contribution in [0.3, 0.4) is 0 Å². The molecule has 0 fully saturated rings. The minimum absolute atomic E-state index is 0.0254. The van der Waals surface area contributed by atoms with Crippen molar-refractivity contribution < 1.29 is 23.5 Å². The Hall–Kier alpha value is -4.73. The summed E-state index contributed by atoms with van der Waals surface area (Å²) in [4.78, 5) is 42.0. The molecule has 294 valence electrons. The van der Waals surface area contributed by atoms with Crippen molar-refractivity contribution in [3.05, 3.63) is 100 Å². The number of benzene rings is 2. The standard InChI is InChI=1S/C42H57N5O6Si2/c1-29-13-15-30(16-14-29)25-46-26-32(24-43-46)38(48)44-33-23-35(39(49)45(27-33)28-51-19-20-54(8,9)10)37-22-31-21-34(53-55(11,12)42(5,6)7)17-18-36(31)47(37)40(50)52-41(2,3)4/h13-18,21-24,26-27H,19-20,25,28H2,1-12H3,(H,44,48). The summed E-state index contributed by atoms with van der Waals surface area (Å²) >= 11 is 0. The van der Waals surface area contributed by atoms with Gasteiger partial charge in [-0.15, -0.1) is 0 Å². The molecular formula is C42H57N5O6Si2. The van der Waals surface area contributed by atoms with Crippen LogP contribution >= 0.6 is 0 Å². The zero-order chi connectivity index (χ0) is 40.5. The number of amides is 1. The van der Waals surface area contributed by atoms with Crippen molar-refractivity contribution in [2.75, 3.05) is 11.9 Å². The molecule has 11 nitrogen and oxygen atoms in total. The summed E-state index contributed by atoms with van der Waals surface area (Å²) in [6.07, 6.45) is 4.14. The van der Waals surface area contributed by atoms with Crippen LogP contribution in [0, 0.1) is 6.92 Å². The second kappa shape index (κ2) is 15.8. The van der Waals surface area contributed by atoms with Gasteiger partial charge in [-0.2, -0.15) is 5.10 Å². The van der Waals surface area contributed by atoms with E-state index >= 15 is 0 Å². The van der Waals surface area contributed by atoms with Crippen molar-refractivity contribution in [3.8, 4) is 17.0 Å². The Labute approximate surface area is 326 Å². The molecule has 0 saturated heterocycles. The Kier molecular flexibility index (Phi) is 11.9. The number of carbonyl (C=O) groups is 2. The van der Waals surface area contributed by atoms with E-state index in [1.807, 2.05) is 49.4 Å². The highest BCUT2D eigenvalue weighted by Crippen LogP contribution is 2.39. The molecule has 2 aromatic carbocycles. The fourth-order valence-electron chi connectivity index (χ4n) is 5.58. The minimum atomic E-state index is -2.18. The van der Waals surface area contributed by atoms with Crippen molar-refractivity contribution in [2.45, 2.75) is 111 Å². The molecule has 0 saturated carbocycles. The fraction of sp³-hybridized carbons (Fsp3) is 0.429. The monoisotopic (exact) mass is 783 g/mol.